The zero-order valence-corrected chi connectivity index (χ0v) is 14.6. The number of fused-ring (bicyclic) bond motifs is 1. The number of amides is 3. The summed E-state index contributed by atoms with van der Waals surface area (Å²) < 4.78 is 0. The molecule has 24 heavy (non-hydrogen) atoms. The normalized spacial score (nSPS) is 16.8. The lowest BCUT2D eigenvalue weighted by Gasteiger charge is -2.29. The van der Waals surface area contributed by atoms with E-state index >= 15 is 0 Å². The predicted octanol–water partition coefficient (Wildman–Crippen LogP) is 0.998. The van der Waals surface area contributed by atoms with Gasteiger partial charge in [-0.15, -0.1) is 12.4 Å². The second-order valence-electron chi connectivity index (χ2n) is 6.05. The lowest BCUT2D eigenvalue weighted by Crippen LogP contribution is -2.48. The molecular formula is C17H25ClN4O2. The fourth-order valence-electron chi connectivity index (χ4n) is 3.13. The van der Waals surface area contributed by atoms with Crippen molar-refractivity contribution in [3.8, 4) is 0 Å². The molecule has 0 unspecified atom stereocenters. The topological polar surface area (TPSA) is 64.7 Å². The molecule has 0 atom stereocenters. The Hall–Kier alpha value is -1.79. The molecule has 3 rings (SSSR count). The van der Waals surface area contributed by atoms with Gasteiger partial charge in [0.1, 0.15) is 0 Å². The third-order valence-electron chi connectivity index (χ3n) is 4.50. The van der Waals surface area contributed by atoms with E-state index in [-0.39, 0.29) is 24.3 Å². The fraction of sp³-hybridized carbons (Fsp3) is 0.529. The highest BCUT2D eigenvalue weighted by atomic mass is 35.5. The number of urea groups is 1. The maximum Gasteiger partial charge on any atom is 0.317 e. The van der Waals surface area contributed by atoms with Gasteiger partial charge in [0.15, 0.2) is 0 Å². The Balaban J connectivity index is 0.00000208. The number of hydrogen-bond acceptors (Lipinski definition) is 3. The number of piperazine rings is 1. The number of nitrogens with zero attached hydrogens (tertiary/aromatic N) is 2. The van der Waals surface area contributed by atoms with Crippen LogP contribution in [0.2, 0.25) is 0 Å². The number of rotatable bonds is 3. The monoisotopic (exact) mass is 352 g/mol. The van der Waals surface area contributed by atoms with Gasteiger partial charge in [-0.05, 0) is 17.5 Å². The molecule has 3 amide bonds. The SMILES string of the molecule is Cl.O=C(CCNC(=O)N1CCc2ccccc2C1)N1CCNCC1. The van der Waals surface area contributed by atoms with E-state index in [0.29, 0.717) is 19.5 Å². The third-order valence-corrected chi connectivity index (χ3v) is 4.50. The smallest absolute Gasteiger partial charge is 0.317 e. The first-order valence-electron chi connectivity index (χ1n) is 8.32. The van der Waals surface area contributed by atoms with Crippen LogP contribution < -0.4 is 10.6 Å². The molecule has 1 aromatic rings. The second-order valence-corrected chi connectivity index (χ2v) is 6.05. The van der Waals surface area contributed by atoms with Crippen molar-refractivity contribution in [1.29, 1.82) is 0 Å². The van der Waals surface area contributed by atoms with Crippen LogP contribution in [0.4, 0.5) is 4.79 Å². The molecule has 0 bridgehead atoms. The standard InChI is InChI=1S/C17H24N4O2.ClH/c22-16(20-11-8-18-9-12-20)5-7-19-17(23)21-10-6-14-3-1-2-4-15(14)13-21;/h1-4,18H,5-13H2,(H,19,23);1H. The number of carbonyl (C=O) groups excluding carboxylic acids is 2. The third kappa shape index (κ3) is 4.61. The lowest BCUT2D eigenvalue weighted by molar-refractivity contribution is -0.131. The quantitative estimate of drug-likeness (QED) is 0.853. The Morgan fingerprint density at radius 3 is 2.50 bits per heavy atom. The van der Waals surface area contributed by atoms with Crippen LogP contribution in [0, 0.1) is 0 Å². The fourth-order valence-corrected chi connectivity index (χ4v) is 3.13. The molecule has 1 saturated heterocycles. The Morgan fingerprint density at radius 1 is 1.04 bits per heavy atom. The van der Waals surface area contributed by atoms with Crippen LogP contribution >= 0.6 is 12.4 Å². The zero-order chi connectivity index (χ0) is 16.1. The number of carbonyl (C=O) groups is 2. The van der Waals surface area contributed by atoms with E-state index < -0.39 is 0 Å². The van der Waals surface area contributed by atoms with E-state index in [1.807, 2.05) is 21.9 Å². The molecule has 6 nitrogen and oxygen atoms in total. The van der Waals surface area contributed by atoms with Gasteiger partial charge in [0.05, 0.1) is 0 Å². The number of halogens is 1. The first-order chi connectivity index (χ1) is 11.2. The van der Waals surface area contributed by atoms with Crippen molar-refractivity contribution in [3.05, 3.63) is 35.4 Å². The molecule has 7 heteroatoms. The Morgan fingerprint density at radius 2 is 1.75 bits per heavy atom. The molecule has 0 saturated carbocycles. The summed E-state index contributed by atoms with van der Waals surface area (Å²) in [5, 5.41) is 6.10. The molecule has 1 fully saturated rings. The maximum absolute atomic E-state index is 12.2. The lowest BCUT2D eigenvalue weighted by atomic mass is 10.0. The van der Waals surface area contributed by atoms with Gasteiger partial charge in [0, 0.05) is 52.2 Å². The first-order valence-corrected chi connectivity index (χ1v) is 8.32. The summed E-state index contributed by atoms with van der Waals surface area (Å²) in [7, 11) is 0. The highest BCUT2D eigenvalue weighted by Crippen LogP contribution is 2.18. The van der Waals surface area contributed by atoms with E-state index in [1.54, 1.807) is 0 Å². The largest absolute Gasteiger partial charge is 0.340 e. The molecule has 0 aliphatic carbocycles. The molecule has 1 aromatic carbocycles. The summed E-state index contributed by atoms with van der Waals surface area (Å²) in [5.74, 6) is 0.121. The van der Waals surface area contributed by atoms with Gasteiger partial charge in [-0.25, -0.2) is 4.79 Å². The van der Waals surface area contributed by atoms with Crippen LogP contribution in [0.5, 0.6) is 0 Å². The van der Waals surface area contributed by atoms with Crippen LogP contribution in [0.15, 0.2) is 24.3 Å². The van der Waals surface area contributed by atoms with Gasteiger partial charge in [0.25, 0.3) is 0 Å². The van der Waals surface area contributed by atoms with Crippen molar-refractivity contribution < 1.29 is 9.59 Å². The maximum atomic E-state index is 12.2. The van der Waals surface area contributed by atoms with E-state index in [4.69, 9.17) is 0 Å². The van der Waals surface area contributed by atoms with E-state index in [0.717, 1.165) is 39.1 Å². The van der Waals surface area contributed by atoms with E-state index in [9.17, 15) is 9.59 Å². The molecule has 2 aliphatic rings. The zero-order valence-electron chi connectivity index (χ0n) is 13.8. The average molecular weight is 353 g/mol. The number of hydrogen-bond donors (Lipinski definition) is 2. The van der Waals surface area contributed by atoms with Crippen LogP contribution in [-0.4, -0.2) is 61.0 Å². The Kier molecular flexibility index (Phi) is 6.87. The average Bonchev–Trinajstić information content (AvgIpc) is 2.61. The highest BCUT2D eigenvalue weighted by Gasteiger charge is 2.21. The van der Waals surface area contributed by atoms with Crippen LogP contribution in [0.3, 0.4) is 0 Å². The van der Waals surface area contributed by atoms with Crippen molar-refractivity contribution >= 4 is 24.3 Å². The minimum Gasteiger partial charge on any atom is -0.340 e. The van der Waals surface area contributed by atoms with Crippen molar-refractivity contribution in [2.45, 2.75) is 19.4 Å². The van der Waals surface area contributed by atoms with E-state index in [2.05, 4.69) is 22.8 Å². The van der Waals surface area contributed by atoms with Crippen LogP contribution in [0.25, 0.3) is 0 Å². The van der Waals surface area contributed by atoms with Gasteiger partial charge in [-0.3, -0.25) is 4.79 Å². The molecule has 0 radical (unpaired) electrons. The van der Waals surface area contributed by atoms with Crippen molar-refractivity contribution in [2.24, 2.45) is 0 Å². The molecule has 0 aromatic heterocycles. The number of nitrogens with one attached hydrogen (secondary N) is 2. The summed E-state index contributed by atoms with van der Waals surface area (Å²) in [6.07, 6.45) is 1.26. The summed E-state index contributed by atoms with van der Waals surface area (Å²) in [4.78, 5) is 28.0. The molecule has 0 spiro atoms. The first kappa shape index (κ1) is 18.5. The summed E-state index contributed by atoms with van der Waals surface area (Å²) in [6, 6.07) is 8.16. The molecule has 132 valence electrons. The van der Waals surface area contributed by atoms with Crippen molar-refractivity contribution in [2.75, 3.05) is 39.3 Å². The molecule has 2 N–H and O–H groups in total. The molecular weight excluding hydrogens is 328 g/mol. The van der Waals surface area contributed by atoms with Gasteiger partial charge >= 0.3 is 6.03 Å². The number of benzene rings is 1. The van der Waals surface area contributed by atoms with Crippen LogP contribution in [-0.2, 0) is 17.8 Å². The minimum atomic E-state index is -0.0763. The summed E-state index contributed by atoms with van der Waals surface area (Å²) in [6.45, 7) is 5.00. The Bertz CT molecular complexity index is 575. The summed E-state index contributed by atoms with van der Waals surface area (Å²) in [5.41, 5.74) is 2.54. The Labute approximate surface area is 149 Å². The van der Waals surface area contributed by atoms with Gasteiger partial charge in [0.2, 0.25) is 5.91 Å². The molecule has 2 heterocycles. The highest BCUT2D eigenvalue weighted by molar-refractivity contribution is 5.85. The summed E-state index contributed by atoms with van der Waals surface area (Å²) >= 11 is 0. The second kappa shape index (κ2) is 8.89. The predicted molar refractivity (Wildman–Crippen MR) is 95.3 cm³/mol. The van der Waals surface area contributed by atoms with E-state index in [1.165, 1.54) is 11.1 Å². The van der Waals surface area contributed by atoms with Crippen molar-refractivity contribution in [1.82, 2.24) is 20.4 Å². The minimum absolute atomic E-state index is 0. The van der Waals surface area contributed by atoms with Crippen LogP contribution in [0.1, 0.15) is 17.5 Å². The van der Waals surface area contributed by atoms with Crippen molar-refractivity contribution in [3.63, 3.8) is 0 Å². The van der Waals surface area contributed by atoms with Gasteiger partial charge < -0.3 is 20.4 Å². The molecule has 2 aliphatic heterocycles. The van der Waals surface area contributed by atoms with Gasteiger partial charge in [-0.1, -0.05) is 24.3 Å². The van der Waals surface area contributed by atoms with Gasteiger partial charge in [-0.2, -0.15) is 0 Å².